The third-order valence-electron chi connectivity index (χ3n) is 4.16. The second kappa shape index (κ2) is 14.9. The van der Waals surface area contributed by atoms with E-state index in [1.54, 1.807) is 6.92 Å². The summed E-state index contributed by atoms with van der Waals surface area (Å²) >= 11 is 0. The summed E-state index contributed by atoms with van der Waals surface area (Å²) in [5.41, 5.74) is 0. The summed E-state index contributed by atoms with van der Waals surface area (Å²) in [4.78, 5) is 34.1. The molecule has 0 N–H and O–H groups in total. The van der Waals surface area contributed by atoms with E-state index in [1.165, 1.54) is 6.92 Å². The minimum absolute atomic E-state index is 0.0660. The fourth-order valence-corrected chi connectivity index (χ4v) is 2.48. The molecule has 0 fully saturated rings. The number of ketones is 2. The summed E-state index contributed by atoms with van der Waals surface area (Å²) in [6.45, 7) is 7.85. The van der Waals surface area contributed by atoms with Crippen LogP contribution in [-0.4, -0.2) is 24.1 Å². The van der Waals surface area contributed by atoms with Crippen LogP contribution in [0.1, 0.15) is 85.5 Å². The highest BCUT2D eigenvalue weighted by atomic mass is 16.5. The van der Waals surface area contributed by atoms with E-state index >= 15 is 0 Å². The maximum Gasteiger partial charge on any atom is 0.305 e. The van der Waals surface area contributed by atoms with Crippen molar-refractivity contribution in [1.82, 2.24) is 0 Å². The molecule has 0 bridgehead atoms. The highest BCUT2D eigenvalue weighted by molar-refractivity contribution is 5.85. The molecule has 0 saturated carbocycles. The Labute approximate surface area is 153 Å². The molecule has 0 aromatic heterocycles. The summed E-state index contributed by atoms with van der Waals surface area (Å²) in [7, 11) is 0. The van der Waals surface area contributed by atoms with E-state index in [1.807, 2.05) is 6.08 Å². The van der Waals surface area contributed by atoms with E-state index in [4.69, 9.17) is 4.74 Å². The van der Waals surface area contributed by atoms with Gasteiger partial charge in [0.1, 0.15) is 11.6 Å². The van der Waals surface area contributed by atoms with E-state index in [0.717, 1.165) is 38.5 Å². The SMILES string of the molecule is CC(=O)CC(C/C=C/CCCCCCC(=O)OCCC(C)C)C(C)=O. The molecule has 0 rings (SSSR count). The average Bonchev–Trinajstić information content (AvgIpc) is 2.51. The van der Waals surface area contributed by atoms with E-state index in [9.17, 15) is 14.4 Å². The van der Waals surface area contributed by atoms with E-state index in [0.29, 0.717) is 31.8 Å². The van der Waals surface area contributed by atoms with E-state index in [-0.39, 0.29) is 23.5 Å². The molecule has 0 radical (unpaired) electrons. The Kier molecular flexibility index (Phi) is 14.0. The zero-order valence-electron chi connectivity index (χ0n) is 16.5. The molecule has 0 saturated heterocycles. The van der Waals surface area contributed by atoms with Crippen LogP contribution in [0.25, 0.3) is 0 Å². The Hall–Kier alpha value is -1.45. The molecule has 1 atom stereocenters. The van der Waals surface area contributed by atoms with E-state index in [2.05, 4.69) is 19.9 Å². The number of esters is 1. The lowest BCUT2D eigenvalue weighted by atomic mass is 9.95. The molecule has 144 valence electrons. The second-order valence-corrected chi connectivity index (χ2v) is 7.28. The van der Waals surface area contributed by atoms with Crippen molar-refractivity contribution < 1.29 is 19.1 Å². The number of hydrogen-bond donors (Lipinski definition) is 0. The number of rotatable bonds is 15. The van der Waals surface area contributed by atoms with Gasteiger partial charge in [0.05, 0.1) is 6.61 Å². The summed E-state index contributed by atoms with van der Waals surface area (Å²) < 4.78 is 5.18. The number of ether oxygens (including phenoxy) is 1. The van der Waals surface area contributed by atoms with Crippen LogP contribution in [0.3, 0.4) is 0 Å². The molecular weight excluding hydrogens is 316 g/mol. The summed E-state index contributed by atoms with van der Waals surface area (Å²) in [6, 6.07) is 0. The van der Waals surface area contributed by atoms with Gasteiger partial charge in [0.2, 0.25) is 0 Å². The molecule has 0 aliphatic heterocycles. The Morgan fingerprint density at radius 2 is 1.64 bits per heavy atom. The number of unbranched alkanes of at least 4 members (excludes halogenated alkanes) is 4. The normalized spacial score (nSPS) is 12.5. The Morgan fingerprint density at radius 1 is 0.960 bits per heavy atom. The van der Waals surface area contributed by atoms with Crippen LogP contribution in [0.4, 0.5) is 0 Å². The van der Waals surface area contributed by atoms with Crippen molar-refractivity contribution in [3.05, 3.63) is 12.2 Å². The number of carbonyl (C=O) groups is 3. The van der Waals surface area contributed by atoms with Crippen molar-refractivity contribution in [1.29, 1.82) is 0 Å². The topological polar surface area (TPSA) is 60.4 Å². The summed E-state index contributed by atoms with van der Waals surface area (Å²) in [6.07, 6.45) is 11.6. The first-order valence-corrected chi connectivity index (χ1v) is 9.63. The Morgan fingerprint density at radius 3 is 2.24 bits per heavy atom. The highest BCUT2D eigenvalue weighted by Gasteiger charge is 2.14. The van der Waals surface area contributed by atoms with E-state index < -0.39 is 0 Å². The largest absolute Gasteiger partial charge is 0.466 e. The molecular formula is C21H36O4. The van der Waals surface area contributed by atoms with Crippen LogP contribution in [0.15, 0.2) is 12.2 Å². The predicted molar refractivity (Wildman–Crippen MR) is 101 cm³/mol. The van der Waals surface area contributed by atoms with Gasteiger partial charge in [0, 0.05) is 18.8 Å². The standard InChI is InChI=1S/C21H36O4/c1-17(2)14-15-25-21(24)13-11-9-7-5-6-8-10-12-20(19(4)23)16-18(3)22/h8,10,17,20H,5-7,9,11-16H2,1-4H3/b10-8+. The molecule has 0 aromatic rings. The fraction of sp³-hybridized carbons (Fsp3) is 0.762. The van der Waals surface area contributed by atoms with Crippen LogP contribution in [0.2, 0.25) is 0 Å². The molecule has 0 aliphatic carbocycles. The van der Waals surface area contributed by atoms with Crippen LogP contribution >= 0.6 is 0 Å². The van der Waals surface area contributed by atoms with Crippen LogP contribution < -0.4 is 0 Å². The zero-order valence-corrected chi connectivity index (χ0v) is 16.5. The Bertz CT molecular complexity index is 424. The first kappa shape index (κ1) is 23.5. The monoisotopic (exact) mass is 352 g/mol. The smallest absolute Gasteiger partial charge is 0.305 e. The zero-order chi connectivity index (χ0) is 19.1. The van der Waals surface area contributed by atoms with Crippen molar-refractivity contribution >= 4 is 17.5 Å². The van der Waals surface area contributed by atoms with Crippen molar-refractivity contribution in [3.8, 4) is 0 Å². The van der Waals surface area contributed by atoms with Gasteiger partial charge in [0.15, 0.2) is 0 Å². The van der Waals surface area contributed by atoms with Crippen LogP contribution in [0, 0.1) is 11.8 Å². The molecule has 4 nitrogen and oxygen atoms in total. The van der Waals surface area contributed by atoms with Crippen molar-refractivity contribution in [2.45, 2.75) is 85.5 Å². The lowest BCUT2D eigenvalue weighted by Crippen LogP contribution is -2.13. The molecule has 0 amide bonds. The van der Waals surface area contributed by atoms with Gasteiger partial charge in [0.25, 0.3) is 0 Å². The van der Waals surface area contributed by atoms with Gasteiger partial charge in [-0.2, -0.15) is 0 Å². The fourth-order valence-electron chi connectivity index (χ4n) is 2.48. The first-order valence-electron chi connectivity index (χ1n) is 9.63. The number of carbonyl (C=O) groups excluding carboxylic acids is 3. The van der Waals surface area contributed by atoms with Crippen LogP contribution in [-0.2, 0) is 19.1 Å². The molecule has 0 aliphatic rings. The molecule has 25 heavy (non-hydrogen) atoms. The third kappa shape index (κ3) is 15.8. The van der Waals surface area contributed by atoms with Crippen LogP contribution in [0.5, 0.6) is 0 Å². The predicted octanol–water partition coefficient (Wildman–Crippen LogP) is 5.05. The van der Waals surface area contributed by atoms with Gasteiger partial charge in [-0.3, -0.25) is 9.59 Å². The van der Waals surface area contributed by atoms with Gasteiger partial charge in [-0.05, 0) is 51.9 Å². The quantitative estimate of drug-likeness (QED) is 0.235. The maximum absolute atomic E-state index is 11.5. The van der Waals surface area contributed by atoms with Crippen molar-refractivity contribution in [2.75, 3.05) is 6.61 Å². The minimum atomic E-state index is -0.171. The molecule has 0 aromatic carbocycles. The average molecular weight is 353 g/mol. The highest BCUT2D eigenvalue weighted by Crippen LogP contribution is 2.13. The van der Waals surface area contributed by atoms with Gasteiger partial charge < -0.3 is 9.53 Å². The molecule has 0 heterocycles. The summed E-state index contributed by atoms with van der Waals surface area (Å²) in [5.74, 6) is 0.460. The van der Waals surface area contributed by atoms with Gasteiger partial charge in [-0.15, -0.1) is 0 Å². The Balaban J connectivity index is 3.61. The maximum atomic E-state index is 11.5. The number of Topliss-reactive ketones (excluding diaryl/α,β-unsaturated/α-hetero) is 2. The first-order chi connectivity index (χ1) is 11.8. The molecule has 0 spiro atoms. The third-order valence-corrected chi connectivity index (χ3v) is 4.16. The second-order valence-electron chi connectivity index (χ2n) is 7.28. The van der Waals surface area contributed by atoms with Gasteiger partial charge in [-0.25, -0.2) is 0 Å². The lowest BCUT2D eigenvalue weighted by Gasteiger charge is -2.08. The number of hydrogen-bond acceptors (Lipinski definition) is 4. The van der Waals surface area contributed by atoms with Crippen molar-refractivity contribution in [3.63, 3.8) is 0 Å². The van der Waals surface area contributed by atoms with Gasteiger partial charge >= 0.3 is 5.97 Å². The van der Waals surface area contributed by atoms with Crippen molar-refractivity contribution in [2.24, 2.45) is 11.8 Å². The summed E-state index contributed by atoms with van der Waals surface area (Å²) in [5, 5.41) is 0. The lowest BCUT2D eigenvalue weighted by molar-refractivity contribution is -0.144. The number of allylic oxidation sites excluding steroid dienone is 2. The molecule has 4 heteroatoms. The van der Waals surface area contributed by atoms with Gasteiger partial charge in [-0.1, -0.05) is 38.8 Å². The molecule has 1 unspecified atom stereocenters. The minimum Gasteiger partial charge on any atom is -0.466 e.